The lowest BCUT2D eigenvalue weighted by molar-refractivity contribution is 0.590. The average molecular weight is 803 g/mol. The summed E-state index contributed by atoms with van der Waals surface area (Å²) in [5, 5.41) is 4.79. The molecule has 300 valence electrons. The van der Waals surface area contributed by atoms with E-state index in [1.165, 1.54) is 88.3 Å². The monoisotopic (exact) mass is 802 g/mol. The van der Waals surface area contributed by atoms with Gasteiger partial charge in [0.05, 0.1) is 17.0 Å². The molecule has 2 aromatic heterocycles. The van der Waals surface area contributed by atoms with Crippen LogP contribution in [0.2, 0.25) is 0 Å². The van der Waals surface area contributed by atoms with Gasteiger partial charge >= 0.3 is 0 Å². The summed E-state index contributed by atoms with van der Waals surface area (Å²) in [5.41, 5.74) is 21.8. The van der Waals surface area contributed by atoms with Crippen LogP contribution in [0, 0.1) is 20.8 Å². The Bertz CT molecular complexity index is 3010. The predicted molar refractivity (Wildman–Crippen MR) is 261 cm³/mol. The van der Waals surface area contributed by atoms with Crippen molar-refractivity contribution in [1.29, 1.82) is 0 Å². The fourth-order valence-corrected chi connectivity index (χ4v) is 10.8. The van der Waals surface area contributed by atoms with Crippen LogP contribution in [-0.4, -0.2) is 6.71 Å². The van der Waals surface area contributed by atoms with Crippen molar-refractivity contribution >= 4 is 89.8 Å². The summed E-state index contributed by atoms with van der Waals surface area (Å²) in [6, 6.07) is 41.7. The second-order valence-electron chi connectivity index (χ2n) is 20.5. The number of hydrogen-bond acceptors (Lipinski definition) is 4. The number of nitrogens with zero attached hydrogens (tertiary/aromatic N) is 2. The Kier molecular flexibility index (Phi) is 8.53. The van der Waals surface area contributed by atoms with Crippen molar-refractivity contribution in [2.45, 2.75) is 99.3 Å². The Morgan fingerprint density at radius 1 is 0.550 bits per heavy atom. The molecule has 2 aliphatic rings. The van der Waals surface area contributed by atoms with Crippen molar-refractivity contribution < 1.29 is 4.42 Å². The van der Waals surface area contributed by atoms with E-state index >= 15 is 0 Å². The van der Waals surface area contributed by atoms with Crippen molar-refractivity contribution in [3.05, 3.63) is 148 Å². The van der Waals surface area contributed by atoms with Gasteiger partial charge in [-0.25, -0.2) is 0 Å². The highest BCUT2D eigenvalue weighted by molar-refractivity contribution is 7.17. The number of furan rings is 1. The normalized spacial score (nSPS) is 13.9. The summed E-state index contributed by atoms with van der Waals surface area (Å²) in [4.78, 5) is 5.10. The van der Waals surface area contributed by atoms with Crippen molar-refractivity contribution in [3.63, 3.8) is 0 Å². The van der Waals surface area contributed by atoms with E-state index in [0.717, 1.165) is 28.0 Å². The van der Waals surface area contributed by atoms with Gasteiger partial charge in [0.15, 0.2) is 0 Å². The number of thiophene rings is 1. The number of fused-ring (bicyclic) bond motifs is 7. The Balaban J connectivity index is 1.29. The van der Waals surface area contributed by atoms with E-state index in [1.807, 2.05) is 11.3 Å². The third kappa shape index (κ3) is 5.98. The molecule has 0 saturated heterocycles. The highest BCUT2D eigenvalue weighted by Gasteiger charge is 2.47. The first-order valence-electron chi connectivity index (χ1n) is 21.5. The van der Waals surface area contributed by atoms with Crippen LogP contribution in [0.15, 0.2) is 119 Å². The van der Waals surface area contributed by atoms with Gasteiger partial charge in [-0.2, -0.15) is 0 Å². The molecule has 0 amide bonds. The smallest absolute Gasteiger partial charge is 0.297 e. The zero-order valence-electron chi connectivity index (χ0n) is 37.3. The Morgan fingerprint density at radius 2 is 1.15 bits per heavy atom. The van der Waals surface area contributed by atoms with Gasteiger partial charge in [0.1, 0.15) is 5.58 Å². The van der Waals surface area contributed by atoms with Gasteiger partial charge in [0.25, 0.3) is 6.71 Å². The standard InChI is InChI=1S/C55H55BN2OS/c1-32-25-45-49-46(26-32)58(50-33(2)27-35(28-34(50)3)42-31-60-48-16-14-13-15-40(42)48)51-41-29-37(54(7,8)9)20-24-47(41)59-52(51)56(49)43-30-38(55(10,11)12)19-23-44(43)57(45)39-21-17-36(18-22-39)53(4,5)6/h13-31H,1-12H3. The van der Waals surface area contributed by atoms with Gasteiger partial charge in [-0.3, -0.25) is 0 Å². The van der Waals surface area contributed by atoms with Crippen molar-refractivity contribution in [2.75, 3.05) is 9.80 Å². The number of benzene rings is 6. The Labute approximate surface area is 360 Å². The van der Waals surface area contributed by atoms with Gasteiger partial charge in [0.2, 0.25) is 0 Å². The lowest BCUT2D eigenvalue weighted by atomic mass is 9.35. The average Bonchev–Trinajstić information content (AvgIpc) is 3.79. The van der Waals surface area contributed by atoms with Crippen molar-refractivity contribution in [1.82, 2.24) is 0 Å². The highest BCUT2D eigenvalue weighted by Crippen LogP contribution is 2.50. The largest absolute Gasteiger partial charge is 0.468 e. The van der Waals surface area contributed by atoms with Crippen LogP contribution >= 0.6 is 11.3 Å². The van der Waals surface area contributed by atoms with Crippen LogP contribution in [0.25, 0.3) is 32.2 Å². The van der Waals surface area contributed by atoms with Gasteiger partial charge in [-0.05, 0) is 153 Å². The van der Waals surface area contributed by atoms with Gasteiger partial charge < -0.3 is 14.2 Å². The van der Waals surface area contributed by atoms with Crippen LogP contribution in [0.3, 0.4) is 0 Å². The molecule has 10 rings (SSSR count). The SMILES string of the molecule is Cc1cc2c3c(c1)N(c1c(C)cc(-c4csc5ccccc45)cc1C)c1c(oc4ccc(C(C)(C)C)cc14)B3c1cc(C(C)(C)C)ccc1N2c1ccc(C(C)(C)C)cc1. The third-order valence-electron chi connectivity index (χ3n) is 13.0. The molecule has 0 saturated carbocycles. The van der Waals surface area contributed by atoms with E-state index in [1.54, 1.807) is 0 Å². The molecule has 4 heterocycles. The van der Waals surface area contributed by atoms with E-state index < -0.39 is 0 Å². The number of rotatable bonds is 3. The molecule has 0 unspecified atom stereocenters. The van der Waals surface area contributed by atoms with Crippen molar-refractivity contribution in [2.24, 2.45) is 0 Å². The van der Waals surface area contributed by atoms with Crippen molar-refractivity contribution in [3.8, 4) is 11.1 Å². The lowest BCUT2D eigenvalue weighted by Crippen LogP contribution is -2.61. The summed E-state index contributed by atoms with van der Waals surface area (Å²) < 4.78 is 8.63. The fourth-order valence-electron chi connectivity index (χ4n) is 9.84. The number of aryl methyl sites for hydroxylation is 3. The molecule has 8 aromatic rings. The van der Waals surface area contributed by atoms with Crippen LogP contribution in [-0.2, 0) is 16.2 Å². The quantitative estimate of drug-likeness (QED) is 0.166. The van der Waals surface area contributed by atoms with Crippen LogP contribution < -0.4 is 26.4 Å². The van der Waals surface area contributed by atoms with E-state index in [-0.39, 0.29) is 23.0 Å². The molecule has 2 aliphatic heterocycles. The molecule has 0 N–H and O–H groups in total. The molecular weight excluding hydrogens is 747 g/mol. The molecule has 0 fully saturated rings. The van der Waals surface area contributed by atoms with Gasteiger partial charge in [-0.15, -0.1) is 11.3 Å². The maximum atomic E-state index is 7.32. The first-order valence-corrected chi connectivity index (χ1v) is 22.4. The number of hydrogen-bond donors (Lipinski definition) is 0. The first kappa shape index (κ1) is 38.7. The second-order valence-corrected chi connectivity index (χ2v) is 21.4. The molecule has 0 bridgehead atoms. The Morgan fingerprint density at radius 3 is 1.82 bits per heavy atom. The summed E-state index contributed by atoms with van der Waals surface area (Å²) in [7, 11) is 0. The van der Waals surface area contributed by atoms with E-state index in [2.05, 4.69) is 207 Å². The molecule has 0 atom stereocenters. The minimum atomic E-state index is -0.105. The molecule has 60 heavy (non-hydrogen) atoms. The van der Waals surface area contributed by atoms with E-state index in [4.69, 9.17) is 4.42 Å². The zero-order chi connectivity index (χ0) is 42.2. The molecule has 0 radical (unpaired) electrons. The molecule has 6 aromatic carbocycles. The maximum Gasteiger partial charge on any atom is 0.297 e. The molecule has 5 heteroatoms. The van der Waals surface area contributed by atoms with E-state index in [0.29, 0.717) is 0 Å². The van der Waals surface area contributed by atoms with Gasteiger partial charge in [0, 0.05) is 43.8 Å². The van der Waals surface area contributed by atoms with Crippen LogP contribution in [0.5, 0.6) is 0 Å². The fraction of sp³-hybridized carbons (Fsp3) is 0.273. The second kappa shape index (κ2) is 13.2. The summed E-state index contributed by atoms with van der Waals surface area (Å²) in [6.45, 7) is 27.5. The van der Waals surface area contributed by atoms with Crippen LogP contribution in [0.1, 0.15) is 95.7 Å². The maximum absolute atomic E-state index is 7.32. The highest BCUT2D eigenvalue weighted by atomic mass is 32.1. The summed E-state index contributed by atoms with van der Waals surface area (Å²) in [5.74, 6) is 0. The molecule has 3 nitrogen and oxygen atoms in total. The minimum Gasteiger partial charge on any atom is -0.468 e. The molecular formula is C55H55BN2OS. The third-order valence-corrected chi connectivity index (χ3v) is 14.0. The predicted octanol–water partition coefficient (Wildman–Crippen LogP) is 14.2. The number of anilines is 6. The topological polar surface area (TPSA) is 19.6 Å². The summed E-state index contributed by atoms with van der Waals surface area (Å²) >= 11 is 1.82. The van der Waals surface area contributed by atoms with Crippen LogP contribution in [0.4, 0.5) is 34.1 Å². The zero-order valence-corrected chi connectivity index (χ0v) is 38.1. The Hall–Kier alpha value is -5.52. The molecule has 0 spiro atoms. The minimum absolute atomic E-state index is 0.0294. The summed E-state index contributed by atoms with van der Waals surface area (Å²) in [6.07, 6.45) is 0. The first-order chi connectivity index (χ1) is 28.4. The molecule has 0 aliphatic carbocycles. The lowest BCUT2D eigenvalue weighted by Gasteiger charge is -2.43. The van der Waals surface area contributed by atoms with E-state index in [9.17, 15) is 0 Å². The van der Waals surface area contributed by atoms with Gasteiger partial charge in [-0.1, -0.05) is 111 Å².